The van der Waals surface area contributed by atoms with E-state index in [9.17, 15) is 9.90 Å². The van der Waals surface area contributed by atoms with Crippen molar-refractivity contribution in [1.29, 1.82) is 0 Å². The molecule has 0 unspecified atom stereocenters. The summed E-state index contributed by atoms with van der Waals surface area (Å²) in [5, 5.41) is 12.5. The summed E-state index contributed by atoms with van der Waals surface area (Å²) in [6.45, 7) is 11.4. The van der Waals surface area contributed by atoms with Crippen LogP contribution in [0.3, 0.4) is 0 Å². The molecule has 0 aliphatic heterocycles. The largest absolute Gasteiger partial charge is 0.507 e. The molecule has 1 heterocycles. The fourth-order valence-electron chi connectivity index (χ4n) is 5.22. The number of hydrogen-bond donors (Lipinski definition) is 1. The molecule has 1 aromatic heterocycles. The van der Waals surface area contributed by atoms with Crippen molar-refractivity contribution >= 4 is 35.7 Å². The van der Waals surface area contributed by atoms with E-state index in [4.69, 9.17) is 4.98 Å². The van der Waals surface area contributed by atoms with Gasteiger partial charge in [-0.05, 0) is 22.9 Å². The number of pyridine rings is 1. The van der Waals surface area contributed by atoms with Crippen molar-refractivity contribution in [2.45, 2.75) is 33.5 Å². The SMILES string of the molecule is Cc1[c-]c(-c2cc(-c3ccccc3)c3cc([Si](C)(C)C)ccc3n2)cc(C)c1.O=C(/C=C(\O)c1ccccc1)c1ccccc1.[Ir]. The Labute approximate surface area is 287 Å². The van der Waals surface area contributed by atoms with E-state index < -0.39 is 8.07 Å². The normalized spacial score (nSPS) is 11.3. The predicted octanol–water partition coefficient (Wildman–Crippen LogP) is 10.00. The third-order valence-electron chi connectivity index (χ3n) is 7.58. The van der Waals surface area contributed by atoms with Crippen LogP contribution in [0.2, 0.25) is 19.6 Å². The average molecular weight is 797 g/mol. The zero-order valence-corrected chi connectivity index (χ0v) is 30.2. The molecule has 0 fully saturated rings. The summed E-state index contributed by atoms with van der Waals surface area (Å²) in [6, 6.07) is 45.4. The number of allylic oxidation sites excluding steroid dienone is 1. The van der Waals surface area contributed by atoms with Crippen LogP contribution in [0.4, 0.5) is 0 Å². The number of nitrogens with zero attached hydrogens (tertiary/aromatic N) is 1. The standard InChI is InChI=1S/C26H26NSi.C15H12O2.Ir/c1-18-13-19(2)15-21(14-18)26-17-23(20-9-7-6-8-10-20)24-16-22(28(3,4)5)11-12-25(24)27-26;16-14(12-7-3-1-4-8-12)11-15(17)13-9-5-2-6-10-13;/h6-14,16-17H,1-5H3;1-11,16H;/q-1;;/b;14-11-;. The molecule has 1 radical (unpaired) electrons. The molecule has 0 aliphatic rings. The van der Waals surface area contributed by atoms with E-state index in [2.05, 4.69) is 106 Å². The maximum absolute atomic E-state index is 11.8. The Morgan fingerprint density at radius 3 is 1.91 bits per heavy atom. The van der Waals surface area contributed by atoms with Crippen molar-refractivity contribution in [3.63, 3.8) is 0 Å². The van der Waals surface area contributed by atoms with Crippen LogP contribution in [0.15, 0.2) is 133 Å². The zero-order valence-electron chi connectivity index (χ0n) is 26.8. The molecule has 1 N–H and O–H groups in total. The molecule has 0 spiro atoms. The van der Waals surface area contributed by atoms with Gasteiger partial charge in [0.1, 0.15) is 5.76 Å². The quantitative estimate of drug-likeness (QED) is 0.0601. The molecule has 6 aromatic rings. The molecule has 0 saturated heterocycles. The van der Waals surface area contributed by atoms with Crippen LogP contribution in [0.1, 0.15) is 27.0 Å². The Kier molecular flexibility index (Phi) is 11.4. The number of fused-ring (bicyclic) bond motifs is 1. The molecule has 5 aromatic carbocycles. The van der Waals surface area contributed by atoms with Gasteiger partial charge >= 0.3 is 0 Å². The molecule has 0 atom stereocenters. The monoisotopic (exact) mass is 797 g/mol. The molecular formula is C41H38IrNO2Si-. The van der Waals surface area contributed by atoms with Crippen molar-refractivity contribution in [2.75, 3.05) is 0 Å². The van der Waals surface area contributed by atoms with Crippen molar-refractivity contribution < 1.29 is 30.0 Å². The first-order valence-corrected chi connectivity index (χ1v) is 18.7. The van der Waals surface area contributed by atoms with Gasteiger partial charge < -0.3 is 5.11 Å². The van der Waals surface area contributed by atoms with Crippen LogP contribution in [-0.4, -0.2) is 23.9 Å². The maximum Gasteiger partial charge on any atom is 0.189 e. The molecule has 0 saturated carbocycles. The number of aliphatic hydroxyl groups excluding tert-OH is 1. The van der Waals surface area contributed by atoms with Crippen LogP contribution in [0.5, 0.6) is 0 Å². The van der Waals surface area contributed by atoms with Crippen molar-refractivity contribution in [1.82, 2.24) is 4.98 Å². The van der Waals surface area contributed by atoms with E-state index >= 15 is 0 Å². The summed E-state index contributed by atoms with van der Waals surface area (Å²) >= 11 is 0. The fourth-order valence-corrected chi connectivity index (χ4v) is 6.38. The van der Waals surface area contributed by atoms with Gasteiger partial charge in [0.2, 0.25) is 0 Å². The van der Waals surface area contributed by atoms with Gasteiger partial charge in [0.25, 0.3) is 0 Å². The average Bonchev–Trinajstić information content (AvgIpc) is 3.04. The summed E-state index contributed by atoms with van der Waals surface area (Å²) in [4.78, 5) is 16.8. The van der Waals surface area contributed by atoms with Gasteiger partial charge in [0, 0.05) is 42.7 Å². The Balaban J connectivity index is 0.000000230. The Morgan fingerprint density at radius 2 is 1.33 bits per heavy atom. The fraction of sp³-hybridized carbons (Fsp3) is 0.122. The van der Waals surface area contributed by atoms with Crippen molar-refractivity contribution in [3.8, 4) is 22.4 Å². The second-order valence-electron chi connectivity index (χ2n) is 12.3. The number of aromatic nitrogens is 1. The molecule has 0 amide bonds. The van der Waals surface area contributed by atoms with Gasteiger partial charge in [-0.25, -0.2) is 0 Å². The topological polar surface area (TPSA) is 50.2 Å². The van der Waals surface area contributed by atoms with Gasteiger partial charge in [-0.15, -0.1) is 34.9 Å². The van der Waals surface area contributed by atoms with Gasteiger partial charge in [0.15, 0.2) is 5.78 Å². The Morgan fingerprint density at radius 1 is 0.739 bits per heavy atom. The van der Waals surface area contributed by atoms with E-state index in [1.54, 1.807) is 36.4 Å². The maximum atomic E-state index is 11.8. The zero-order chi connectivity index (χ0) is 32.0. The van der Waals surface area contributed by atoms with Gasteiger partial charge in [-0.3, -0.25) is 9.78 Å². The summed E-state index contributed by atoms with van der Waals surface area (Å²) in [6.07, 6.45) is 1.24. The number of benzene rings is 5. The van der Waals surface area contributed by atoms with Gasteiger partial charge in [-0.1, -0.05) is 148 Å². The first kappa shape index (κ1) is 34.5. The molecule has 46 heavy (non-hydrogen) atoms. The molecule has 0 aliphatic carbocycles. The number of hydrogen-bond acceptors (Lipinski definition) is 3. The van der Waals surface area contributed by atoms with E-state index in [-0.39, 0.29) is 31.6 Å². The van der Waals surface area contributed by atoms with Gasteiger partial charge in [-0.2, -0.15) is 0 Å². The summed E-state index contributed by atoms with van der Waals surface area (Å²) in [5.41, 5.74) is 9.15. The molecule has 0 bridgehead atoms. The van der Waals surface area contributed by atoms with Crippen LogP contribution in [0.25, 0.3) is 39.0 Å². The summed E-state index contributed by atoms with van der Waals surface area (Å²) in [7, 11) is -1.40. The number of carbonyl (C=O) groups excluding carboxylic acids is 1. The smallest absolute Gasteiger partial charge is 0.189 e. The van der Waals surface area contributed by atoms with Crippen LogP contribution >= 0.6 is 0 Å². The van der Waals surface area contributed by atoms with Crippen LogP contribution in [0, 0.1) is 19.9 Å². The number of aliphatic hydroxyl groups is 1. The Bertz CT molecular complexity index is 1950. The second kappa shape index (κ2) is 15.2. The van der Waals surface area contributed by atoms with Crippen molar-refractivity contribution in [2.24, 2.45) is 0 Å². The number of aryl methyl sites for hydroxylation is 2. The van der Waals surface area contributed by atoms with Crippen LogP contribution < -0.4 is 5.19 Å². The van der Waals surface area contributed by atoms with E-state index in [0.29, 0.717) is 11.1 Å². The molecular weight excluding hydrogens is 759 g/mol. The van der Waals surface area contributed by atoms with Crippen LogP contribution in [-0.2, 0) is 20.1 Å². The van der Waals surface area contributed by atoms with E-state index in [0.717, 1.165) is 22.3 Å². The van der Waals surface area contributed by atoms with E-state index in [1.807, 2.05) is 24.3 Å². The molecule has 6 rings (SSSR count). The minimum Gasteiger partial charge on any atom is -0.507 e. The van der Waals surface area contributed by atoms with Gasteiger partial charge in [0.05, 0.1) is 13.6 Å². The second-order valence-corrected chi connectivity index (χ2v) is 17.4. The van der Waals surface area contributed by atoms with Crippen molar-refractivity contribution in [3.05, 3.63) is 162 Å². The Hall–Kier alpha value is -4.41. The third kappa shape index (κ3) is 8.64. The summed E-state index contributed by atoms with van der Waals surface area (Å²) < 4.78 is 0. The minimum atomic E-state index is -1.40. The van der Waals surface area contributed by atoms with E-state index in [1.165, 1.54) is 33.3 Å². The number of rotatable bonds is 6. The minimum absolute atomic E-state index is 0. The molecule has 233 valence electrons. The first-order valence-electron chi connectivity index (χ1n) is 15.2. The predicted molar refractivity (Wildman–Crippen MR) is 192 cm³/mol. The summed E-state index contributed by atoms with van der Waals surface area (Å²) in [5.74, 6) is -0.216. The third-order valence-corrected chi connectivity index (χ3v) is 9.62. The molecule has 3 nitrogen and oxygen atoms in total. The first-order chi connectivity index (χ1) is 21.6. The number of ketones is 1. The molecule has 5 heteroatoms. The number of carbonyl (C=O) groups is 1.